The van der Waals surface area contributed by atoms with Crippen molar-refractivity contribution >= 4 is 11.9 Å². The van der Waals surface area contributed by atoms with Gasteiger partial charge in [-0.1, -0.05) is 97.3 Å². The number of unbranched alkanes of at least 4 members (excludes halogenated alkanes) is 12. The Labute approximate surface area is 167 Å². The maximum Gasteiger partial charge on any atom is 0.308 e. The molecule has 0 rings (SSSR count). The molecule has 0 spiro atoms. The molecule has 4 heteroatoms. The van der Waals surface area contributed by atoms with Crippen LogP contribution in [0.4, 0.5) is 0 Å². The van der Waals surface area contributed by atoms with Crippen molar-refractivity contribution in [1.29, 1.82) is 0 Å². The van der Waals surface area contributed by atoms with Gasteiger partial charge in [0.1, 0.15) is 0 Å². The van der Waals surface area contributed by atoms with Crippen LogP contribution in [0.5, 0.6) is 0 Å². The Bertz CT molecular complexity index is 354. The molecule has 160 valence electrons. The molecular formula is C23H44O4. The van der Waals surface area contributed by atoms with Gasteiger partial charge in [0.25, 0.3) is 0 Å². The van der Waals surface area contributed by atoms with Gasteiger partial charge in [0.15, 0.2) is 0 Å². The Balaban J connectivity index is 3.92. The van der Waals surface area contributed by atoms with Crippen LogP contribution in [0.1, 0.15) is 123 Å². The Hall–Kier alpha value is -1.06. The molecule has 1 unspecified atom stereocenters. The van der Waals surface area contributed by atoms with Crippen LogP contribution in [-0.4, -0.2) is 23.7 Å². The van der Waals surface area contributed by atoms with E-state index in [1.54, 1.807) is 0 Å². The molecule has 0 aromatic carbocycles. The lowest BCUT2D eigenvalue weighted by Crippen LogP contribution is -2.19. The van der Waals surface area contributed by atoms with Gasteiger partial charge in [-0.2, -0.15) is 0 Å². The molecule has 0 aliphatic carbocycles. The second kappa shape index (κ2) is 19.7. The molecule has 0 heterocycles. The molecule has 0 saturated carbocycles. The SMILES string of the molecule is CCCCCCCCCOC(=O)C(CCCCCCCCC)CCC(=O)O. The van der Waals surface area contributed by atoms with Crippen molar-refractivity contribution in [2.24, 2.45) is 5.92 Å². The predicted molar refractivity (Wildman–Crippen MR) is 112 cm³/mol. The number of esters is 1. The minimum atomic E-state index is -0.834. The number of carboxylic acid groups (broad SMARTS) is 1. The van der Waals surface area contributed by atoms with Gasteiger partial charge in [-0.25, -0.2) is 0 Å². The summed E-state index contributed by atoms with van der Waals surface area (Å²) in [7, 11) is 0. The van der Waals surface area contributed by atoms with E-state index in [4.69, 9.17) is 9.84 Å². The molecule has 0 saturated heterocycles. The first kappa shape index (κ1) is 25.9. The normalized spacial score (nSPS) is 12.1. The highest BCUT2D eigenvalue weighted by molar-refractivity contribution is 5.74. The number of hydrogen-bond donors (Lipinski definition) is 1. The fourth-order valence-electron chi connectivity index (χ4n) is 3.38. The first-order valence-corrected chi connectivity index (χ1v) is 11.5. The molecule has 0 fully saturated rings. The molecule has 1 N–H and O–H groups in total. The van der Waals surface area contributed by atoms with E-state index >= 15 is 0 Å². The summed E-state index contributed by atoms with van der Waals surface area (Å²) < 4.78 is 5.44. The van der Waals surface area contributed by atoms with E-state index in [1.165, 1.54) is 64.2 Å². The van der Waals surface area contributed by atoms with Gasteiger partial charge in [0.2, 0.25) is 0 Å². The number of carbonyl (C=O) groups is 2. The van der Waals surface area contributed by atoms with Crippen LogP contribution in [0.3, 0.4) is 0 Å². The van der Waals surface area contributed by atoms with Crippen LogP contribution in [-0.2, 0) is 14.3 Å². The third-order valence-corrected chi connectivity index (χ3v) is 5.19. The number of aliphatic carboxylic acids is 1. The summed E-state index contributed by atoms with van der Waals surface area (Å²) in [5.41, 5.74) is 0. The summed E-state index contributed by atoms with van der Waals surface area (Å²) >= 11 is 0. The Morgan fingerprint density at radius 3 is 1.70 bits per heavy atom. The molecular weight excluding hydrogens is 340 g/mol. The lowest BCUT2D eigenvalue weighted by Gasteiger charge is -2.15. The van der Waals surface area contributed by atoms with Gasteiger partial charge in [-0.05, 0) is 19.3 Å². The number of carboxylic acids is 1. The smallest absolute Gasteiger partial charge is 0.308 e. The van der Waals surface area contributed by atoms with Crippen LogP contribution in [0.15, 0.2) is 0 Å². The highest BCUT2D eigenvalue weighted by atomic mass is 16.5. The summed E-state index contributed by atoms with van der Waals surface area (Å²) in [5.74, 6) is -1.27. The van der Waals surface area contributed by atoms with Crippen LogP contribution in [0, 0.1) is 5.92 Å². The summed E-state index contributed by atoms with van der Waals surface area (Å²) in [4.78, 5) is 23.2. The van der Waals surface area contributed by atoms with E-state index in [2.05, 4.69) is 13.8 Å². The molecule has 0 aliphatic heterocycles. The van der Waals surface area contributed by atoms with Gasteiger partial charge in [-0.3, -0.25) is 9.59 Å². The average Bonchev–Trinajstić information content (AvgIpc) is 2.65. The van der Waals surface area contributed by atoms with Crippen molar-refractivity contribution < 1.29 is 19.4 Å². The van der Waals surface area contributed by atoms with E-state index < -0.39 is 5.97 Å². The van der Waals surface area contributed by atoms with Gasteiger partial charge < -0.3 is 9.84 Å². The van der Waals surface area contributed by atoms with Gasteiger partial charge in [0, 0.05) is 6.42 Å². The quantitative estimate of drug-likeness (QED) is 0.183. The Morgan fingerprint density at radius 2 is 1.19 bits per heavy atom. The lowest BCUT2D eigenvalue weighted by atomic mass is 9.95. The maximum absolute atomic E-state index is 12.3. The monoisotopic (exact) mass is 384 g/mol. The summed E-state index contributed by atoms with van der Waals surface area (Å²) in [5, 5.41) is 8.92. The van der Waals surface area contributed by atoms with Gasteiger partial charge >= 0.3 is 11.9 Å². The molecule has 27 heavy (non-hydrogen) atoms. The number of ether oxygens (including phenoxy) is 1. The molecule has 0 aliphatic rings. The summed E-state index contributed by atoms with van der Waals surface area (Å²) in [6.45, 7) is 4.91. The fraction of sp³-hybridized carbons (Fsp3) is 0.913. The van der Waals surface area contributed by atoms with Crippen LogP contribution in [0.2, 0.25) is 0 Å². The predicted octanol–water partition coefficient (Wildman–Crippen LogP) is 6.90. The molecule has 0 amide bonds. The van der Waals surface area contributed by atoms with Gasteiger partial charge in [0.05, 0.1) is 12.5 Å². The van der Waals surface area contributed by atoms with E-state index in [-0.39, 0.29) is 18.3 Å². The maximum atomic E-state index is 12.3. The van der Waals surface area contributed by atoms with E-state index in [0.717, 1.165) is 32.1 Å². The second-order valence-electron chi connectivity index (χ2n) is 7.83. The van der Waals surface area contributed by atoms with Crippen molar-refractivity contribution in [3.8, 4) is 0 Å². The molecule has 4 nitrogen and oxygen atoms in total. The Kier molecular flexibility index (Phi) is 18.9. The average molecular weight is 385 g/mol. The molecule has 1 atom stereocenters. The van der Waals surface area contributed by atoms with Crippen molar-refractivity contribution in [1.82, 2.24) is 0 Å². The van der Waals surface area contributed by atoms with Crippen LogP contribution >= 0.6 is 0 Å². The first-order valence-electron chi connectivity index (χ1n) is 11.5. The lowest BCUT2D eigenvalue weighted by molar-refractivity contribution is -0.149. The number of carbonyl (C=O) groups excluding carboxylic acids is 1. The zero-order chi connectivity index (χ0) is 20.2. The third kappa shape index (κ3) is 18.1. The zero-order valence-electron chi connectivity index (χ0n) is 18.0. The number of hydrogen-bond acceptors (Lipinski definition) is 3. The number of rotatable bonds is 20. The van der Waals surface area contributed by atoms with Crippen molar-refractivity contribution in [2.75, 3.05) is 6.61 Å². The highest BCUT2D eigenvalue weighted by Gasteiger charge is 2.20. The first-order chi connectivity index (χ1) is 13.1. The standard InChI is InChI=1S/C23H44O4/c1-3-5-7-9-11-13-15-17-21(18-19-22(24)25)23(26)27-20-16-14-12-10-8-6-4-2/h21H,3-20H2,1-2H3,(H,24,25). The van der Waals surface area contributed by atoms with Crippen molar-refractivity contribution in [2.45, 2.75) is 123 Å². The van der Waals surface area contributed by atoms with E-state index in [0.29, 0.717) is 13.0 Å². The molecule has 0 aromatic heterocycles. The van der Waals surface area contributed by atoms with Gasteiger partial charge in [-0.15, -0.1) is 0 Å². The van der Waals surface area contributed by atoms with Crippen LogP contribution in [0.25, 0.3) is 0 Å². The largest absolute Gasteiger partial charge is 0.481 e. The summed E-state index contributed by atoms with van der Waals surface area (Å²) in [6.07, 6.45) is 18.0. The summed E-state index contributed by atoms with van der Waals surface area (Å²) in [6, 6.07) is 0. The minimum Gasteiger partial charge on any atom is -0.481 e. The molecule has 0 radical (unpaired) electrons. The molecule has 0 aromatic rings. The zero-order valence-corrected chi connectivity index (χ0v) is 18.0. The van der Waals surface area contributed by atoms with E-state index in [9.17, 15) is 9.59 Å². The van der Waals surface area contributed by atoms with Crippen molar-refractivity contribution in [3.63, 3.8) is 0 Å². The van der Waals surface area contributed by atoms with Crippen molar-refractivity contribution in [3.05, 3.63) is 0 Å². The third-order valence-electron chi connectivity index (χ3n) is 5.19. The molecule has 0 bridgehead atoms. The van der Waals surface area contributed by atoms with Crippen LogP contribution < -0.4 is 0 Å². The Morgan fingerprint density at radius 1 is 0.704 bits per heavy atom. The fourth-order valence-corrected chi connectivity index (χ4v) is 3.38. The highest BCUT2D eigenvalue weighted by Crippen LogP contribution is 2.19. The minimum absolute atomic E-state index is 0.0493. The topological polar surface area (TPSA) is 63.6 Å². The second-order valence-corrected chi connectivity index (χ2v) is 7.83. The van der Waals surface area contributed by atoms with E-state index in [1.807, 2.05) is 0 Å².